The molecule has 0 N–H and O–H groups in total. The normalized spacial score (nSPS) is 15.7. The third-order valence-corrected chi connectivity index (χ3v) is 5.12. The van der Waals surface area contributed by atoms with Gasteiger partial charge in [-0.3, -0.25) is 0 Å². The number of benzene rings is 2. The molecule has 1 aromatic heterocycles. The zero-order chi connectivity index (χ0) is 17.8. The van der Waals surface area contributed by atoms with Crippen molar-refractivity contribution in [3.05, 3.63) is 62.7 Å². The first kappa shape index (κ1) is 16.3. The van der Waals surface area contributed by atoms with E-state index in [1.165, 1.54) is 12.1 Å². The maximum Gasteiger partial charge on any atom is 0.344 e. The summed E-state index contributed by atoms with van der Waals surface area (Å²) in [5.74, 6) is 0.395. The summed E-state index contributed by atoms with van der Waals surface area (Å²) in [6, 6.07) is 9.50. The molecule has 0 bridgehead atoms. The lowest BCUT2D eigenvalue weighted by Crippen LogP contribution is -2.32. The summed E-state index contributed by atoms with van der Waals surface area (Å²) in [7, 11) is 0. The van der Waals surface area contributed by atoms with Crippen molar-refractivity contribution in [2.45, 2.75) is 32.3 Å². The minimum Gasteiger partial charge on any atom is -0.486 e. The van der Waals surface area contributed by atoms with E-state index in [0.717, 1.165) is 34.0 Å². The molecule has 2 aromatic carbocycles. The van der Waals surface area contributed by atoms with Crippen LogP contribution < -0.4 is 10.4 Å². The molecule has 1 aliphatic rings. The zero-order valence-electron chi connectivity index (χ0n) is 13.9. The van der Waals surface area contributed by atoms with Crippen molar-refractivity contribution < 1.29 is 13.5 Å². The maximum absolute atomic E-state index is 13.1. The molecule has 0 saturated heterocycles. The Morgan fingerprint density at radius 2 is 1.88 bits per heavy atom. The van der Waals surface area contributed by atoms with Gasteiger partial charge >= 0.3 is 5.63 Å². The highest BCUT2D eigenvalue weighted by atomic mass is 79.9. The van der Waals surface area contributed by atoms with Crippen LogP contribution in [0, 0.1) is 5.82 Å². The highest BCUT2D eigenvalue weighted by Gasteiger charge is 2.30. The summed E-state index contributed by atoms with van der Waals surface area (Å²) >= 11 is 3.57. The highest BCUT2D eigenvalue weighted by Crippen LogP contribution is 2.43. The molecule has 5 heteroatoms. The van der Waals surface area contributed by atoms with Crippen LogP contribution in [0.15, 0.2) is 50.1 Å². The summed E-state index contributed by atoms with van der Waals surface area (Å²) in [5, 5.41) is 0.813. The largest absolute Gasteiger partial charge is 0.486 e. The number of aryl methyl sites for hydroxylation is 1. The maximum atomic E-state index is 13.1. The standard InChI is InChI=1S/C20H16BrFO3/c1-20(2)8-7-14-17-12(10-16(21)18(14)25-20)9-15(19(23)24-17)11-3-5-13(22)6-4-11/h3-6,9-10H,7-8H2,1-2H3. The zero-order valence-corrected chi connectivity index (χ0v) is 15.4. The lowest BCUT2D eigenvalue weighted by Gasteiger charge is -2.33. The Morgan fingerprint density at radius 3 is 2.60 bits per heavy atom. The SMILES string of the molecule is CC1(C)CCc2c(c(Br)cc3cc(-c4ccc(F)cc4)c(=O)oc23)O1. The molecule has 4 rings (SSSR count). The quantitative estimate of drug-likeness (QED) is 0.506. The molecule has 0 unspecified atom stereocenters. The van der Waals surface area contributed by atoms with Crippen molar-refractivity contribution in [2.75, 3.05) is 0 Å². The summed E-state index contributed by atoms with van der Waals surface area (Å²) in [6.45, 7) is 4.08. The number of hydrogen-bond acceptors (Lipinski definition) is 3. The fourth-order valence-electron chi connectivity index (χ4n) is 3.20. The molecule has 0 amide bonds. The predicted molar refractivity (Wildman–Crippen MR) is 98.6 cm³/mol. The van der Waals surface area contributed by atoms with Gasteiger partial charge in [0, 0.05) is 10.9 Å². The Morgan fingerprint density at radius 1 is 1.16 bits per heavy atom. The Balaban J connectivity index is 1.94. The highest BCUT2D eigenvalue weighted by molar-refractivity contribution is 9.10. The molecular weight excluding hydrogens is 387 g/mol. The Hall–Kier alpha value is -2.14. The van der Waals surface area contributed by atoms with Crippen molar-refractivity contribution >= 4 is 26.9 Å². The molecular formula is C20H16BrFO3. The van der Waals surface area contributed by atoms with E-state index in [1.54, 1.807) is 18.2 Å². The smallest absolute Gasteiger partial charge is 0.344 e. The molecule has 1 aliphatic heterocycles. The fraction of sp³-hybridized carbons (Fsp3) is 0.250. The van der Waals surface area contributed by atoms with Gasteiger partial charge in [0.25, 0.3) is 0 Å². The van der Waals surface area contributed by atoms with Crippen LogP contribution in [0.4, 0.5) is 4.39 Å². The first-order valence-electron chi connectivity index (χ1n) is 8.08. The van der Waals surface area contributed by atoms with E-state index in [1.807, 2.05) is 19.9 Å². The molecule has 0 saturated carbocycles. The number of rotatable bonds is 1. The lowest BCUT2D eigenvalue weighted by molar-refractivity contribution is 0.0838. The minimum atomic E-state index is -0.437. The molecule has 128 valence electrons. The molecule has 0 spiro atoms. The number of hydrogen-bond donors (Lipinski definition) is 0. The molecule has 25 heavy (non-hydrogen) atoms. The summed E-state index contributed by atoms with van der Waals surface area (Å²) in [6.07, 6.45) is 1.62. The van der Waals surface area contributed by atoms with Crippen LogP contribution in [0.5, 0.6) is 5.75 Å². The summed E-state index contributed by atoms with van der Waals surface area (Å²) < 4.78 is 25.7. The number of halogens is 2. The van der Waals surface area contributed by atoms with Crippen LogP contribution in [0.2, 0.25) is 0 Å². The second kappa shape index (κ2) is 5.70. The van der Waals surface area contributed by atoms with Gasteiger partial charge in [-0.25, -0.2) is 9.18 Å². The van der Waals surface area contributed by atoms with Gasteiger partial charge in [-0.05, 0) is 72.4 Å². The Kier molecular flexibility index (Phi) is 3.72. The number of ether oxygens (including phenoxy) is 1. The van der Waals surface area contributed by atoms with E-state index in [4.69, 9.17) is 9.15 Å². The first-order valence-corrected chi connectivity index (χ1v) is 8.87. The lowest BCUT2D eigenvalue weighted by atomic mass is 9.93. The summed E-state index contributed by atoms with van der Waals surface area (Å²) in [5.41, 5.74) is 1.82. The van der Waals surface area contributed by atoms with Crippen molar-refractivity contribution in [1.29, 1.82) is 0 Å². The third-order valence-electron chi connectivity index (χ3n) is 4.53. The van der Waals surface area contributed by atoms with E-state index in [-0.39, 0.29) is 11.4 Å². The van der Waals surface area contributed by atoms with Gasteiger partial charge in [0.2, 0.25) is 0 Å². The van der Waals surface area contributed by atoms with E-state index in [0.29, 0.717) is 16.7 Å². The average molecular weight is 403 g/mol. The predicted octanol–water partition coefficient (Wildman–Crippen LogP) is 5.47. The number of fused-ring (bicyclic) bond motifs is 3. The van der Waals surface area contributed by atoms with Gasteiger partial charge in [0.15, 0.2) is 0 Å². The molecule has 0 aliphatic carbocycles. The Labute approximate surface area is 152 Å². The average Bonchev–Trinajstić information content (AvgIpc) is 2.56. The van der Waals surface area contributed by atoms with Gasteiger partial charge in [-0.15, -0.1) is 0 Å². The minimum absolute atomic E-state index is 0.252. The van der Waals surface area contributed by atoms with Crippen LogP contribution in [-0.2, 0) is 6.42 Å². The summed E-state index contributed by atoms with van der Waals surface area (Å²) in [4.78, 5) is 12.5. The van der Waals surface area contributed by atoms with Crippen LogP contribution in [0.25, 0.3) is 22.1 Å². The molecule has 0 radical (unpaired) electrons. The van der Waals surface area contributed by atoms with Crippen molar-refractivity contribution in [3.8, 4) is 16.9 Å². The van der Waals surface area contributed by atoms with Gasteiger partial charge in [-0.2, -0.15) is 0 Å². The van der Waals surface area contributed by atoms with E-state index < -0.39 is 5.63 Å². The van der Waals surface area contributed by atoms with E-state index >= 15 is 0 Å². The first-order chi connectivity index (χ1) is 11.8. The van der Waals surface area contributed by atoms with Crippen LogP contribution in [-0.4, -0.2) is 5.60 Å². The molecule has 0 atom stereocenters. The molecule has 3 nitrogen and oxygen atoms in total. The fourth-order valence-corrected chi connectivity index (χ4v) is 3.77. The second-order valence-electron chi connectivity index (χ2n) is 6.90. The van der Waals surface area contributed by atoms with Crippen molar-refractivity contribution in [2.24, 2.45) is 0 Å². The van der Waals surface area contributed by atoms with Gasteiger partial charge in [0.05, 0.1) is 10.0 Å². The molecule has 0 fully saturated rings. The van der Waals surface area contributed by atoms with Crippen LogP contribution in [0.1, 0.15) is 25.8 Å². The topological polar surface area (TPSA) is 39.4 Å². The second-order valence-corrected chi connectivity index (χ2v) is 7.75. The van der Waals surface area contributed by atoms with Gasteiger partial charge in [-0.1, -0.05) is 12.1 Å². The van der Waals surface area contributed by atoms with Crippen molar-refractivity contribution in [1.82, 2.24) is 0 Å². The monoisotopic (exact) mass is 402 g/mol. The van der Waals surface area contributed by atoms with Crippen molar-refractivity contribution in [3.63, 3.8) is 0 Å². The third kappa shape index (κ3) is 2.86. The van der Waals surface area contributed by atoms with Crippen LogP contribution in [0.3, 0.4) is 0 Å². The van der Waals surface area contributed by atoms with Crippen LogP contribution >= 0.6 is 15.9 Å². The molecule has 3 aromatic rings. The van der Waals surface area contributed by atoms with E-state index in [9.17, 15) is 9.18 Å². The molecule has 2 heterocycles. The van der Waals surface area contributed by atoms with E-state index in [2.05, 4.69) is 15.9 Å². The Bertz CT molecular complexity index is 1040. The van der Waals surface area contributed by atoms with Gasteiger partial charge < -0.3 is 9.15 Å². The van der Waals surface area contributed by atoms with Gasteiger partial charge in [0.1, 0.15) is 22.8 Å².